The summed E-state index contributed by atoms with van der Waals surface area (Å²) >= 11 is 3.89. The van der Waals surface area contributed by atoms with E-state index in [0.717, 1.165) is 0 Å². The van der Waals surface area contributed by atoms with E-state index < -0.39 is 52.0 Å². The summed E-state index contributed by atoms with van der Waals surface area (Å²) in [5, 5.41) is 8.65. The number of nitrogens with zero attached hydrogens (tertiary/aromatic N) is 1. The molecule has 0 aliphatic heterocycles. The van der Waals surface area contributed by atoms with E-state index in [4.69, 9.17) is 5.26 Å². The van der Waals surface area contributed by atoms with Gasteiger partial charge in [-0.05, 0) is 13.3 Å². The van der Waals surface area contributed by atoms with E-state index in [1.54, 1.807) is 6.07 Å². The molecule has 0 aromatic heterocycles. The topological polar surface area (TPSA) is 50.1 Å². The normalized spacial score (nSPS) is 13.4. The van der Waals surface area contributed by atoms with Gasteiger partial charge in [-0.25, -0.2) is 13.2 Å². The molecule has 9 heteroatoms. The molecule has 0 amide bonds. The Labute approximate surface area is 121 Å². The molecule has 0 saturated carbocycles. The Bertz CT molecular complexity index is 598. The van der Waals surface area contributed by atoms with Gasteiger partial charge in [0.05, 0.1) is 10.8 Å². The number of esters is 1. The number of ether oxygens (including phenoxy) is 1. The summed E-state index contributed by atoms with van der Waals surface area (Å²) in [6.07, 6.45) is -0.631. The van der Waals surface area contributed by atoms with Crippen LogP contribution in [-0.2, 0) is 4.79 Å². The first-order valence-corrected chi connectivity index (χ1v) is 5.91. The van der Waals surface area contributed by atoms with Gasteiger partial charge in [0.2, 0.25) is 34.8 Å². The zero-order chi connectivity index (χ0) is 16.4. The zero-order valence-electron chi connectivity index (χ0n) is 10.5. The summed E-state index contributed by atoms with van der Waals surface area (Å²) < 4.78 is 68.0. The van der Waals surface area contributed by atoms with Crippen LogP contribution in [0.3, 0.4) is 0 Å². The number of hydrogen-bond acceptors (Lipinski definition) is 4. The summed E-state index contributed by atoms with van der Waals surface area (Å²) in [4.78, 5) is 11.3. The van der Waals surface area contributed by atoms with Gasteiger partial charge in [0.25, 0.3) is 0 Å². The van der Waals surface area contributed by atoms with Crippen LogP contribution in [0.1, 0.15) is 19.8 Å². The molecule has 0 N–H and O–H groups in total. The molecule has 3 nitrogen and oxygen atoms in total. The highest BCUT2D eigenvalue weighted by atomic mass is 32.1. The smallest absolute Gasteiger partial charge is 0.311 e. The largest absolute Gasteiger partial charge is 0.420 e. The Kier molecular flexibility index (Phi) is 5.17. The lowest BCUT2D eigenvalue weighted by atomic mass is 10.1. The average Bonchev–Trinajstić information content (AvgIpc) is 2.45. The van der Waals surface area contributed by atoms with Gasteiger partial charge in [-0.3, -0.25) is 4.79 Å². The summed E-state index contributed by atoms with van der Waals surface area (Å²) in [5.74, 6) is -14.2. The first-order valence-electron chi connectivity index (χ1n) is 5.46. The quantitative estimate of drug-likeness (QED) is 0.231. The minimum absolute atomic E-state index is 0.138. The highest BCUT2D eigenvalue weighted by Crippen LogP contribution is 2.29. The fourth-order valence-electron chi connectivity index (χ4n) is 1.24. The van der Waals surface area contributed by atoms with E-state index in [2.05, 4.69) is 17.4 Å². The standard InChI is InChI=1S/C12H8F5NO2S/c1-12(21,4-18)3-2-5(19)20-11-9(16)7(14)6(13)8(15)10(11)17/h21H,2-3H2,1H3. The fourth-order valence-corrected chi connectivity index (χ4v) is 1.35. The molecule has 0 fully saturated rings. The molecule has 0 aliphatic rings. The van der Waals surface area contributed by atoms with Crippen LogP contribution < -0.4 is 4.74 Å². The lowest BCUT2D eigenvalue weighted by Crippen LogP contribution is -2.19. The molecular formula is C12H8F5NO2S. The van der Waals surface area contributed by atoms with E-state index in [0.29, 0.717) is 0 Å². The first-order chi connectivity index (χ1) is 9.60. The van der Waals surface area contributed by atoms with Crippen LogP contribution in [0.2, 0.25) is 0 Å². The Morgan fingerprint density at radius 1 is 1.14 bits per heavy atom. The molecule has 1 rings (SSSR count). The maximum Gasteiger partial charge on any atom is 0.311 e. The van der Waals surface area contributed by atoms with Crippen molar-refractivity contribution < 1.29 is 31.5 Å². The van der Waals surface area contributed by atoms with Gasteiger partial charge in [0.1, 0.15) is 0 Å². The minimum Gasteiger partial charge on any atom is -0.420 e. The number of hydrogen-bond donors (Lipinski definition) is 1. The molecule has 0 saturated heterocycles. The highest BCUT2D eigenvalue weighted by molar-refractivity contribution is 7.82. The maximum absolute atomic E-state index is 13.2. The van der Waals surface area contributed by atoms with Gasteiger partial charge in [-0.1, -0.05) is 0 Å². The third-order valence-corrected chi connectivity index (χ3v) is 2.77. The zero-order valence-corrected chi connectivity index (χ0v) is 11.4. The van der Waals surface area contributed by atoms with E-state index in [1.165, 1.54) is 6.92 Å². The summed E-state index contributed by atoms with van der Waals surface area (Å²) in [6.45, 7) is 1.38. The summed E-state index contributed by atoms with van der Waals surface area (Å²) in [7, 11) is 0. The SMILES string of the molecule is CC(S)(C#N)CCC(=O)Oc1c(F)c(F)c(F)c(F)c1F. The predicted octanol–water partition coefficient (Wildman–Crippen LogP) is 3.28. The lowest BCUT2D eigenvalue weighted by molar-refractivity contribution is -0.135. The monoisotopic (exact) mass is 325 g/mol. The molecule has 0 aliphatic carbocycles. The number of nitriles is 1. The third kappa shape index (κ3) is 3.85. The predicted molar refractivity (Wildman–Crippen MR) is 64.1 cm³/mol. The number of rotatable bonds is 4. The fraction of sp³-hybridized carbons (Fsp3) is 0.333. The van der Waals surface area contributed by atoms with Gasteiger partial charge in [-0.2, -0.15) is 26.7 Å². The summed E-state index contributed by atoms with van der Waals surface area (Å²) in [6, 6.07) is 1.75. The van der Waals surface area contributed by atoms with Gasteiger partial charge in [-0.15, -0.1) is 0 Å². The second-order valence-electron chi connectivity index (χ2n) is 4.26. The average molecular weight is 325 g/mol. The van der Waals surface area contributed by atoms with E-state index in [1.807, 2.05) is 0 Å². The van der Waals surface area contributed by atoms with Crippen molar-refractivity contribution in [2.75, 3.05) is 0 Å². The van der Waals surface area contributed by atoms with Crippen LogP contribution in [0.4, 0.5) is 22.0 Å². The molecule has 1 aromatic rings. The molecule has 1 atom stereocenters. The molecule has 21 heavy (non-hydrogen) atoms. The number of thiol groups is 1. The number of halogens is 5. The molecule has 1 aromatic carbocycles. The van der Waals surface area contributed by atoms with Crippen molar-refractivity contribution in [3.05, 3.63) is 29.1 Å². The molecule has 1 unspecified atom stereocenters. The van der Waals surface area contributed by atoms with Crippen molar-refractivity contribution in [3.8, 4) is 11.8 Å². The van der Waals surface area contributed by atoms with Crippen molar-refractivity contribution in [2.24, 2.45) is 0 Å². The van der Waals surface area contributed by atoms with Crippen molar-refractivity contribution in [2.45, 2.75) is 24.5 Å². The number of benzene rings is 1. The van der Waals surface area contributed by atoms with Crippen LogP contribution in [-0.4, -0.2) is 10.7 Å². The molecule has 0 spiro atoms. The number of carbonyl (C=O) groups is 1. The molecular weight excluding hydrogens is 317 g/mol. The Morgan fingerprint density at radius 2 is 1.57 bits per heavy atom. The maximum atomic E-state index is 13.2. The number of carbonyl (C=O) groups excluding carboxylic acids is 1. The molecule has 114 valence electrons. The van der Waals surface area contributed by atoms with Gasteiger partial charge >= 0.3 is 5.97 Å². The van der Waals surface area contributed by atoms with Crippen LogP contribution in [0.25, 0.3) is 0 Å². The third-order valence-electron chi connectivity index (χ3n) is 2.44. The van der Waals surface area contributed by atoms with Gasteiger partial charge in [0.15, 0.2) is 0 Å². The Morgan fingerprint density at radius 3 is 2.00 bits per heavy atom. The second-order valence-corrected chi connectivity index (χ2v) is 5.25. The lowest BCUT2D eigenvalue weighted by Gasteiger charge is -2.13. The van der Waals surface area contributed by atoms with Gasteiger partial charge in [0, 0.05) is 6.42 Å². The first kappa shape index (κ1) is 17.2. The van der Waals surface area contributed by atoms with Gasteiger partial charge < -0.3 is 4.74 Å². The van der Waals surface area contributed by atoms with Crippen LogP contribution in [0, 0.1) is 40.4 Å². The second kappa shape index (κ2) is 6.30. The van der Waals surface area contributed by atoms with Crippen molar-refractivity contribution in [3.63, 3.8) is 0 Å². The minimum atomic E-state index is -2.35. The van der Waals surface area contributed by atoms with Crippen molar-refractivity contribution >= 4 is 18.6 Å². The Hall–Kier alpha value is -1.82. The highest BCUT2D eigenvalue weighted by Gasteiger charge is 2.29. The Balaban J connectivity index is 2.95. The van der Waals surface area contributed by atoms with Crippen LogP contribution in [0.5, 0.6) is 5.75 Å². The van der Waals surface area contributed by atoms with Crippen molar-refractivity contribution in [1.82, 2.24) is 0 Å². The van der Waals surface area contributed by atoms with E-state index in [-0.39, 0.29) is 6.42 Å². The molecule has 0 heterocycles. The van der Waals surface area contributed by atoms with Crippen molar-refractivity contribution in [1.29, 1.82) is 5.26 Å². The molecule has 0 bridgehead atoms. The van der Waals surface area contributed by atoms with E-state index in [9.17, 15) is 26.7 Å². The summed E-state index contributed by atoms with van der Waals surface area (Å²) in [5.41, 5.74) is 0. The van der Waals surface area contributed by atoms with Crippen LogP contribution in [0.15, 0.2) is 0 Å². The molecule has 0 radical (unpaired) electrons. The van der Waals surface area contributed by atoms with Crippen LogP contribution >= 0.6 is 12.6 Å². The van der Waals surface area contributed by atoms with E-state index >= 15 is 0 Å².